The van der Waals surface area contributed by atoms with Crippen LogP contribution in [-0.2, 0) is 77.9 Å². The lowest BCUT2D eigenvalue weighted by Gasteiger charge is -2.54. The number of aliphatic hydroxyl groups is 8. The van der Waals surface area contributed by atoms with Crippen LogP contribution in [0.5, 0.6) is 40.2 Å². The maximum absolute atomic E-state index is 16.6. The standard InChI is InChI=1S/C90H100ClN9O29S2/c1-40(2)26-61(100(7)88(116)129-89(4,5)6)81(110)97-73-75(105)46-13-23-62(59(91)33-46)126-64-35-49-34-63(79(64)128-87-78(108)77(107)76(106)65(39-101)127-87)125-52-14-10-44(11-15-52)74(104)72-86(115)96-71(84(113)93-68-47-28-42-27-43(30-47)31-48(68)29-42)56-36-50(102)37-58-67(56)55-32-45(12-22-57(55)90(58,117)118)69(82(111)98-72)95-83(112)70(49)94-80(109)60(92-85(73)114)38-66(103)99-130(119,120)53-20-16-51(17-21-53)123-24-25-124-131(121,122)54-18-8-41(3)9-19-54/h8-23,32-37,40,42-43,47-48,60-61,65,68-78,87,101-102,104-108,117-118H,24-31,38-39H2,1-7H3,(H,92,114)(H,93,113)(H,94,109)(H,95,112)(H,96,115)(H,97,110)(H,98,111)(H,99,103)/t42?,43?,47?,48?,60-,61+,65+,68?,69+,70+,71-,72-,73+,74+,75+,76+,77-,78+,87-/m0/s1. The van der Waals surface area contributed by atoms with Crippen LogP contribution in [0.3, 0.4) is 0 Å². The number of nitrogens with zero attached hydrogens (tertiary/aromatic N) is 1. The lowest BCUT2D eigenvalue weighted by Crippen LogP contribution is -2.60. The highest BCUT2D eigenvalue weighted by Gasteiger charge is 2.53. The summed E-state index contributed by atoms with van der Waals surface area (Å²) < 4.78 is 98.4. The highest BCUT2D eigenvalue weighted by atomic mass is 35.5. The molecular weight excluding hydrogens is 1770 g/mol. The van der Waals surface area contributed by atoms with Crippen LogP contribution in [0.25, 0.3) is 11.1 Å². The Kier molecular flexibility index (Phi) is 26.7. The Hall–Kier alpha value is -11.6. The minimum absolute atomic E-state index is 0.0203. The Morgan fingerprint density at radius 2 is 1.27 bits per heavy atom. The predicted octanol–water partition coefficient (Wildman–Crippen LogP) is 3.92. The van der Waals surface area contributed by atoms with Crippen molar-refractivity contribution in [3.05, 3.63) is 183 Å². The molecule has 38 nitrogen and oxygen atoms in total. The number of aryl methyl sites for hydroxylation is 1. The smallest absolute Gasteiger partial charge is 0.410 e. The van der Waals surface area contributed by atoms with Crippen LogP contribution < -0.4 is 60.9 Å². The number of nitrogens with one attached hydrogen (secondary N) is 8. The fraction of sp³-hybridized carbons (Fsp3) is 0.433. The second-order valence-corrected chi connectivity index (χ2v) is 39.4. The molecule has 131 heavy (non-hydrogen) atoms. The van der Waals surface area contributed by atoms with Gasteiger partial charge in [0.15, 0.2) is 11.5 Å². The number of carbonyl (C=O) groups excluding carboxylic acids is 9. The second-order valence-electron chi connectivity index (χ2n) is 35.7. The van der Waals surface area contributed by atoms with Gasteiger partial charge in [-0.3, -0.25) is 47.4 Å². The van der Waals surface area contributed by atoms with Crippen molar-refractivity contribution in [2.24, 2.45) is 29.6 Å². The van der Waals surface area contributed by atoms with Gasteiger partial charge in [-0.1, -0.05) is 73.5 Å². The molecule has 0 aromatic heterocycles. The number of amides is 9. The van der Waals surface area contributed by atoms with Crippen molar-refractivity contribution in [2.45, 2.75) is 199 Å². The summed E-state index contributed by atoms with van der Waals surface area (Å²) in [6.45, 7) is 7.98. The molecule has 9 amide bonds. The van der Waals surface area contributed by atoms with Gasteiger partial charge in [-0.25, -0.2) is 17.9 Å². The Morgan fingerprint density at radius 3 is 1.92 bits per heavy atom. The molecule has 1 saturated heterocycles. The van der Waals surface area contributed by atoms with Gasteiger partial charge in [-0.15, -0.1) is 0 Å². The summed E-state index contributed by atoms with van der Waals surface area (Å²) in [4.78, 5) is 140. The summed E-state index contributed by atoms with van der Waals surface area (Å²) in [7, 11) is -8.09. The lowest BCUT2D eigenvalue weighted by atomic mass is 9.54. The number of phenols is 1. The van der Waals surface area contributed by atoms with Crippen molar-refractivity contribution in [2.75, 3.05) is 26.9 Å². The zero-order chi connectivity index (χ0) is 94.1. The molecule has 5 aliphatic carbocycles. The molecule has 14 atom stereocenters. The largest absolute Gasteiger partial charge is 0.508 e. The van der Waals surface area contributed by atoms with Crippen LogP contribution in [0, 0.1) is 36.5 Å². The number of rotatable bonds is 20. The first kappa shape index (κ1) is 94.0. The first-order valence-corrected chi connectivity index (χ1v) is 45.7. The molecule has 5 fully saturated rings. The third-order valence-electron chi connectivity index (χ3n) is 24.7. The summed E-state index contributed by atoms with van der Waals surface area (Å²) in [5, 5.41) is 124. The third kappa shape index (κ3) is 19.8. The molecule has 0 radical (unpaired) electrons. The number of likely N-dealkylation sites (N-methyl/N-ethyl adjacent to an activating group) is 1. The Morgan fingerprint density at radius 1 is 0.641 bits per heavy atom. The van der Waals surface area contributed by atoms with Gasteiger partial charge in [-0.2, -0.15) is 8.42 Å². The Bertz CT molecular complexity index is 5860. The number of phenolic OH excluding ortho intramolecular Hbond substituents is 1. The molecule has 11 aliphatic rings. The Labute approximate surface area is 756 Å². The minimum atomic E-state index is -5.09. The van der Waals surface area contributed by atoms with Gasteiger partial charge in [0.05, 0.1) is 27.8 Å². The molecule has 41 heteroatoms. The zero-order valence-electron chi connectivity index (χ0n) is 71.7. The van der Waals surface area contributed by atoms with Crippen molar-refractivity contribution >= 4 is 85.1 Å². The van der Waals surface area contributed by atoms with E-state index >= 15 is 33.6 Å². The van der Waals surface area contributed by atoms with Crippen LogP contribution in [0.1, 0.15) is 154 Å². The molecule has 18 rings (SSSR count). The van der Waals surface area contributed by atoms with Gasteiger partial charge in [0.1, 0.15) is 121 Å². The van der Waals surface area contributed by atoms with Gasteiger partial charge in [-0.05, 0) is 226 Å². The zero-order valence-corrected chi connectivity index (χ0v) is 74.0. The van der Waals surface area contributed by atoms with Crippen molar-refractivity contribution in [1.29, 1.82) is 0 Å². The fourth-order valence-corrected chi connectivity index (χ4v) is 20.5. The van der Waals surface area contributed by atoms with Gasteiger partial charge in [0, 0.05) is 24.2 Å². The van der Waals surface area contributed by atoms with E-state index in [-0.39, 0.29) is 86.2 Å². The van der Waals surface area contributed by atoms with Gasteiger partial charge in [0.2, 0.25) is 65.1 Å². The van der Waals surface area contributed by atoms with Crippen LogP contribution >= 0.6 is 11.6 Å². The van der Waals surface area contributed by atoms with Gasteiger partial charge >= 0.3 is 6.09 Å². The average molecular weight is 1870 g/mol. The number of carbonyl (C=O) groups is 9. The quantitative estimate of drug-likeness (QED) is 0.0292. The highest BCUT2D eigenvalue weighted by Crippen LogP contribution is 2.56. The summed E-state index contributed by atoms with van der Waals surface area (Å²) in [5.74, 6) is -16.6. The third-order valence-corrected chi connectivity index (χ3v) is 27.7. The van der Waals surface area contributed by atoms with E-state index in [1.54, 1.807) is 53.7 Å². The second kappa shape index (κ2) is 37.2. The molecule has 6 aliphatic heterocycles. The molecule has 0 spiro atoms. The lowest BCUT2D eigenvalue weighted by molar-refractivity contribution is -0.277. The maximum atomic E-state index is 16.6. The SMILES string of the molecule is Cc1ccc(S(=O)(=O)OCCOc2ccc(S(=O)(=O)NC(=O)C[C@@H]3NC(=O)[C@H](NC(=O)[C@@H](CC(C)C)N(C)C(=O)OC(C)(C)C)[C@H](O)c4ccc(c(Cl)c4)Oc4cc5cc(c4O[C@@H]4O[C@H](CO)[C@@H](O)[C@H](O)[C@H]4O)Oc4ccc(cc4)[C@@H](O)[C@@H]4NC(=O)[C@H](NC(=O)[C@@H]5NC3=O)c3ccc5c(c3)-c3c(cc(O)cc3C5(O)O)[C@@H](C(=O)NC3C5CC6CC(C5)CC3C6)NC4=O)cc2)cc1. The van der Waals surface area contributed by atoms with Crippen molar-refractivity contribution in [3.63, 3.8) is 0 Å². The maximum Gasteiger partial charge on any atom is 0.410 e. The normalized spacial score (nSPS) is 26.9. The molecule has 15 bridgehead atoms. The molecule has 17 N–H and O–H groups in total. The Balaban J connectivity index is 0.870. The first-order chi connectivity index (χ1) is 61.9. The molecular formula is C90H100ClN9O29S2. The number of aromatic hydroxyl groups is 1. The van der Waals surface area contributed by atoms with Crippen molar-refractivity contribution in [1.82, 2.24) is 46.8 Å². The number of aliphatic hydroxyl groups excluding tert-OH is 6. The molecule has 7 aromatic carbocycles. The van der Waals surface area contributed by atoms with Gasteiger partial charge in [0.25, 0.3) is 20.1 Å². The molecule has 6 heterocycles. The van der Waals surface area contributed by atoms with Crippen LogP contribution in [-0.4, -0.2) is 214 Å². The van der Waals surface area contributed by atoms with E-state index in [0.29, 0.717) is 11.8 Å². The highest BCUT2D eigenvalue weighted by molar-refractivity contribution is 7.90. The van der Waals surface area contributed by atoms with E-state index in [9.17, 15) is 72.4 Å². The first-order valence-electron chi connectivity index (χ1n) is 42.5. The number of benzene rings is 7. The number of ether oxygens (including phenoxy) is 6. The number of hydrogen-bond donors (Lipinski definition) is 17. The molecule has 0 unspecified atom stereocenters. The van der Waals surface area contributed by atoms with Gasteiger partial charge < -0.3 is 112 Å². The summed E-state index contributed by atoms with van der Waals surface area (Å²) in [6, 6.07) is 10.4. The van der Waals surface area contributed by atoms with Crippen molar-refractivity contribution < 1.29 is 139 Å². The summed E-state index contributed by atoms with van der Waals surface area (Å²) in [6.07, 6.45) is -12.8. The summed E-state index contributed by atoms with van der Waals surface area (Å²) >= 11 is 7.16. The number of halogens is 1. The van der Waals surface area contributed by atoms with Crippen LogP contribution in [0.15, 0.2) is 143 Å². The molecule has 4 saturated carbocycles. The van der Waals surface area contributed by atoms with E-state index in [4.69, 9.17) is 44.2 Å². The van der Waals surface area contributed by atoms with Crippen LogP contribution in [0.2, 0.25) is 5.02 Å². The minimum Gasteiger partial charge on any atom is -0.508 e. The van der Waals surface area contributed by atoms with E-state index in [2.05, 4.69) is 37.2 Å². The number of fused-ring (bicyclic) bond motifs is 12. The van der Waals surface area contributed by atoms with Crippen molar-refractivity contribution in [3.8, 4) is 51.4 Å². The predicted molar refractivity (Wildman–Crippen MR) is 458 cm³/mol. The number of hydrogen-bond acceptors (Lipinski definition) is 29. The van der Waals surface area contributed by atoms with E-state index in [1.165, 1.54) is 49.5 Å². The topological polar surface area (TPSA) is 568 Å². The molecule has 698 valence electrons. The fourth-order valence-electron chi connectivity index (χ4n) is 18.4. The van der Waals surface area contributed by atoms with E-state index < -0.39 is 245 Å². The van der Waals surface area contributed by atoms with E-state index in [0.717, 1.165) is 121 Å². The monoisotopic (exact) mass is 1870 g/mol. The van der Waals surface area contributed by atoms with Crippen LogP contribution in [0.4, 0.5) is 4.79 Å². The summed E-state index contributed by atoms with van der Waals surface area (Å²) in [5.41, 5.74) is -2.84. The number of sulfonamides is 1. The average Bonchev–Trinajstić information content (AvgIpc) is 1.58. The van der Waals surface area contributed by atoms with E-state index in [1.807, 2.05) is 4.72 Å². The molecule has 7 aromatic rings.